The fraction of sp³-hybridized carbons (Fsp3) is 0.500. The van der Waals surface area contributed by atoms with Gasteiger partial charge in [-0.25, -0.2) is 0 Å². The molecule has 2 aliphatic rings. The Kier molecular flexibility index (Phi) is 8.35. The van der Waals surface area contributed by atoms with Crippen LogP contribution in [0.25, 0.3) is 21.5 Å². The number of hydrogen-bond donors (Lipinski definition) is 0. The molecular weight excluding hydrogens is 480 g/mol. The first-order valence-corrected chi connectivity index (χ1v) is 14.1. The fourth-order valence-electron chi connectivity index (χ4n) is 5.74. The van der Waals surface area contributed by atoms with Gasteiger partial charge in [-0.05, 0) is 65.2 Å². The highest BCUT2D eigenvalue weighted by Gasteiger charge is 2.25. The molecule has 0 aromatic heterocycles. The van der Waals surface area contributed by atoms with Gasteiger partial charge in [0.05, 0.1) is 12.8 Å². The van der Waals surface area contributed by atoms with E-state index in [0.717, 1.165) is 84.4 Å². The van der Waals surface area contributed by atoms with Gasteiger partial charge in [0.2, 0.25) is 0 Å². The minimum Gasteiger partial charge on any atom is -0.489 e. The summed E-state index contributed by atoms with van der Waals surface area (Å²) >= 11 is 0. The molecule has 0 amide bonds. The molecule has 2 saturated carbocycles. The van der Waals surface area contributed by atoms with Gasteiger partial charge in [0.15, 0.2) is 0 Å². The van der Waals surface area contributed by atoms with Crippen molar-refractivity contribution in [2.75, 3.05) is 0 Å². The van der Waals surface area contributed by atoms with Gasteiger partial charge < -0.3 is 18.9 Å². The maximum atomic E-state index is 12.5. The Morgan fingerprint density at radius 3 is 1.26 bits per heavy atom. The predicted octanol–water partition coefficient (Wildman–Crippen LogP) is 7.28. The van der Waals surface area contributed by atoms with Gasteiger partial charge >= 0.3 is 11.9 Å². The molecule has 3 aromatic carbocycles. The number of esters is 2. The summed E-state index contributed by atoms with van der Waals surface area (Å²) in [6.07, 6.45) is 8.07. The van der Waals surface area contributed by atoms with Crippen LogP contribution in [0.3, 0.4) is 0 Å². The van der Waals surface area contributed by atoms with E-state index in [0.29, 0.717) is 0 Å². The Bertz CT molecular complexity index is 1120. The first-order chi connectivity index (χ1) is 18.5. The van der Waals surface area contributed by atoms with Crippen LogP contribution in [-0.2, 0) is 19.1 Å². The molecule has 0 spiro atoms. The van der Waals surface area contributed by atoms with Crippen LogP contribution in [0.4, 0.5) is 0 Å². The molecule has 2 fully saturated rings. The number of fused-ring (bicyclic) bond motifs is 2. The number of benzene rings is 3. The molecule has 2 unspecified atom stereocenters. The fourth-order valence-corrected chi connectivity index (χ4v) is 5.74. The topological polar surface area (TPSA) is 71.1 Å². The van der Waals surface area contributed by atoms with E-state index < -0.39 is 0 Å². The summed E-state index contributed by atoms with van der Waals surface area (Å²) in [4.78, 5) is 25.1. The van der Waals surface area contributed by atoms with Crippen LogP contribution in [-0.4, -0.2) is 36.4 Å². The second-order valence-corrected chi connectivity index (χ2v) is 10.8. The van der Waals surface area contributed by atoms with Gasteiger partial charge in [0.1, 0.15) is 35.9 Å². The van der Waals surface area contributed by atoms with Crippen LogP contribution in [0.5, 0.6) is 11.5 Å². The highest BCUT2D eigenvalue weighted by atomic mass is 16.6. The van der Waals surface area contributed by atoms with E-state index in [-0.39, 0.29) is 49.2 Å². The van der Waals surface area contributed by atoms with Crippen molar-refractivity contribution in [3.63, 3.8) is 0 Å². The van der Waals surface area contributed by atoms with Crippen molar-refractivity contribution in [1.82, 2.24) is 0 Å². The maximum Gasteiger partial charge on any atom is 0.309 e. The number of ether oxygens (including phenoxy) is 4. The summed E-state index contributed by atoms with van der Waals surface area (Å²) in [5, 5.41) is 3.60. The van der Waals surface area contributed by atoms with E-state index in [1.807, 2.05) is 62.4 Å². The number of carbonyl (C=O) groups is 2. The molecule has 0 bridgehead atoms. The Balaban J connectivity index is 1.37. The minimum absolute atomic E-state index is 0.0465. The van der Waals surface area contributed by atoms with Crippen LogP contribution in [0.1, 0.15) is 78.1 Å². The van der Waals surface area contributed by atoms with Gasteiger partial charge in [-0.1, -0.05) is 48.5 Å². The Morgan fingerprint density at radius 2 is 0.947 bits per heavy atom. The third-order valence-corrected chi connectivity index (χ3v) is 7.58. The summed E-state index contributed by atoms with van der Waals surface area (Å²) in [6.45, 7) is 3.81. The van der Waals surface area contributed by atoms with Crippen LogP contribution in [0.2, 0.25) is 0 Å². The van der Waals surface area contributed by atoms with E-state index in [9.17, 15) is 9.59 Å². The van der Waals surface area contributed by atoms with Crippen LogP contribution in [0.15, 0.2) is 48.5 Å². The van der Waals surface area contributed by atoms with Gasteiger partial charge in [0.25, 0.3) is 0 Å². The second-order valence-electron chi connectivity index (χ2n) is 10.8. The highest BCUT2D eigenvalue weighted by Crippen LogP contribution is 2.43. The molecule has 2 atom stereocenters. The largest absolute Gasteiger partial charge is 0.489 e. The highest BCUT2D eigenvalue weighted by molar-refractivity contribution is 6.11. The maximum absolute atomic E-state index is 12.5. The quantitative estimate of drug-likeness (QED) is 0.207. The van der Waals surface area contributed by atoms with Crippen molar-refractivity contribution in [2.24, 2.45) is 0 Å². The molecule has 0 heterocycles. The molecular formula is C32H38O6. The molecule has 0 saturated heterocycles. The van der Waals surface area contributed by atoms with E-state index in [4.69, 9.17) is 18.9 Å². The number of carbonyl (C=O) groups excluding carboxylic acids is 2. The van der Waals surface area contributed by atoms with E-state index in [2.05, 4.69) is 0 Å². The monoisotopic (exact) mass is 518 g/mol. The SMILES string of the molecule is CC(CC(=O)OC1CCCC1)Oc1c2ccccc2c(OC(C)CC(=O)OC2CCCC2)c2ccccc12. The summed E-state index contributed by atoms with van der Waals surface area (Å²) in [5.41, 5.74) is 0. The molecule has 0 radical (unpaired) electrons. The molecule has 0 N–H and O–H groups in total. The van der Waals surface area contributed by atoms with Gasteiger partial charge in [0, 0.05) is 21.5 Å². The lowest BCUT2D eigenvalue weighted by Gasteiger charge is -2.23. The molecule has 6 nitrogen and oxygen atoms in total. The molecule has 2 aliphatic carbocycles. The van der Waals surface area contributed by atoms with E-state index >= 15 is 0 Å². The average Bonchev–Trinajstić information content (AvgIpc) is 3.60. The van der Waals surface area contributed by atoms with Crippen molar-refractivity contribution < 1.29 is 28.5 Å². The zero-order chi connectivity index (χ0) is 26.5. The van der Waals surface area contributed by atoms with E-state index in [1.165, 1.54) is 0 Å². The lowest BCUT2D eigenvalue weighted by molar-refractivity contribution is -0.151. The minimum atomic E-state index is -0.355. The van der Waals surface area contributed by atoms with Crippen LogP contribution in [0, 0.1) is 0 Å². The predicted molar refractivity (Wildman–Crippen MR) is 148 cm³/mol. The lowest BCUT2D eigenvalue weighted by atomic mass is 10.00. The molecule has 6 heteroatoms. The molecule has 38 heavy (non-hydrogen) atoms. The third-order valence-electron chi connectivity index (χ3n) is 7.58. The molecule has 5 rings (SSSR count). The average molecular weight is 519 g/mol. The summed E-state index contributed by atoms with van der Waals surface area (Å²) in [5.74, 6) is 1.02. The van der Waals surface area contributed by atoms with Crippen molar-refractivity contribution in [2.45, 2.75) is 102 Å². The summed E-state index contributed by atoms with van der Waals surface area (Å²) in [7, 11) is 0. The lowest BCUT2D eigenvalue weighted by Crippen LogP contribution is -2.23. The zero-order valence-electron chi connectivity index (χ0n) is 22.4. The Labute approximate surface area is 224 Å². The van der Waals surface area contributed by atoms with Gasteiger partial charge in [-0.2, -0.15) is 0 Å². The number of rotatable bonds is 10. The van der Waals surface area contributed by atoms with Crippen molar-refractivity contribution in [1.29, 1.82) is 0 Å². The first kappa shape index (κ1) is 26.3. The Morgan fingerprint density at radius 1 is 0.632 bits per heavy atom. The molecule has 202 valence electrons. The summed E-state index contributed by atoms with van der Waals surface area (Å²) in [6, 6.07) is 15.9. The Hall–Kier alpha value is -3.28. The van der Waals surface area contributed by atoms with Gasteiger partial charge in [-0.15, -0.1) is 0 Å². The van der Waals surface area contributed by atoms with Crippen LogP contribution >= 0.6 is 0 Å². The standard InChI is InChI=1S/C32H38O6/c1-21(19-29(33)37-23-11-3-4-12-23)35-31-25-15-7-9-17-27(25)32(28-18-10-8-16-26(28)31)36-22(2)20-30(34)38-24-13-5-6-14-24/h7-10,15-18,21-24H,3-6,11-14,19-20H2,1-2H3. The first-order valence-electron chi connectivity index (χ1n) is 14.1. The van der Waals surface area contributed by atoms with Crippen molar-refractivity contribution >= 4 is 33.5 Å². The normalized spacial score (nSPS) is 17.9. The molecule has 0 aliphatic heterocycles. The van der Waals surface area contributed by atoms with Crippen LogP contribution < -0.4 is 9.47 Å². The van der Waals surface area contributed by atoms with Crippen molar-refractivity contribution in [3.8, 4) is 11.5 Å². The third kappa shape index (κ3) is 6.23. The van der Waals surface area contributed by atoms with E-state index in [1.54, 1.807) is 0 Å². The second kappa shape index (κ2) is 12.1. The van der Waals surface area contributed by atoms with Gasteiger partial charge in [-0.3, -0.25) is 9.59 Å². The van der Waals surface area contributed by atoms with Crippen molar-refractivity contribution in [3.05, 3.63) is 48.5 Å². The number of hydrogen-bond acceptors (Lipinski definition) is 6. The smallest absolute Gasteiger partial charge is 0.309 e. The zero-order valence-corrected chi connectivity index (χ0v) is 22.4. The molecule has 3 aromatic rings. The summed E-state index contributed by atoms with van der Waals surface area (Å²) < 4.78 is 24.2.